The molecule has 1 aromatic carbocycles. The second-order valence-electron chi connectivity index (χ2n) is 7.08. The summed E-state index contributed by atoms with van der Waals surface area (Å²) >= 11 is 0. The van der Waals surface area contributed by atoms with E-state index in [-0.39, 0.29) is 16.8 Å². The van der Waals surface area contributed by atoms with Gasteiger partial charge < -0.3 is 5.73 Å². The molecule has 1 aliphatic carbocycles. The highest BCUT2D eigenvalue weighted by Crippen LogP contribution is 2.54. The smallest absolute Gasteiger partial charge is 0.191 e. The Morgan fingerprint density at radius 2 is 1.96 bits per heavy atom. The molecule has 142 valence electrons. The van der Waals surface area contributed by atoms with Crippen molar-refractivity contribution in [3.8, 4) is 18.2 Å². The van der Waals surface area contributed by atoms with E-state index in [4.69, 9.17) is 5.73 Å². The van der Waals surface area contributed by atoms with Crippen LogP contribution in [0.25, 0.3) is 0 Å². The van der Waals surface area contributed by atoms with Crippen LogP contribution < -0.4 is 5.73 Å². The second-order valence-corrected chi connectivity index (χ2v) is 7.08. The third-order valence-corrected chi connectivity index (χ3v) is 5.60. The lowest BCUT2D eigenvalue weighted by atomic mass is 9.58. The van der Waals surface area contributed by atoms with Crippen LogP contribution >= 0.6 is 0 Å². The number of allylic oxidation sites excluding steroid dienone is 2. The van der Waals surface area contributed by atoms with E-state index in [2.05, 4.69) is 4.90 Å². The molecule has 7 heteroatoms. The predicted molar refractivity (Wildman–Crippen MR) is 97.9 cm³/mol. The summed E-state index contributed by atoms with van der Waals surface area (Å²) < 4.78 is 28.8. The van der Waals surface area contributed by atoms with Gasteiger partial charge in [-0.05, 0) is 30.2 Å². The molecular formula is C21H19F2N5. The summed E-state index contributed by atoms with van der Waals surface area (Å²) in [5.74, 6) is -3.70. The van der Waals surface area contributed by atoms with Crippen molar-refractivity contribution in [3.05, 3.63) is 58.3 Å². The molecule has 0 unspecified atom stereocenters. The molecule has 2 atom stereocenters. The number of halogens is 2. The number of nitrogens with two attached hydrogens (primary N) is 1. The minimum atomic E-state index is -1.96. The molecule has 0 bridgehead atoms. The zero-order valence-corrected chi connectivity index (χ0v) is 15.4. The van der Waals surface area contributed by atoms with Gasteiger partial charge in [0.2, 0.25) is 0 Å². The molecule has 0 saturated heterocycles. The average molecular weight is 379 g/mol. The van der Waals surface area contributed by atoms with E-state index in [9.17, 15) is 24.6 Å². The molecule has 1 heterocycles. The maximum absolute atomic E-state index is 14.8. The molecule has 0 amide bonds. The summed E-state index contributed by atoms with van der Waals surface area (Å²) in [6.45, 7) is 3.80. The van der Waals surface area contributed by atoms with Crippen molar-refractivity contribution in [1.29, 1.82) is 15.8 Å². The van der Waals surface area contributed by atoms with E-state index in [1.807, 2.05) is 31.2 Å². The number of nitriles is 3. The number of hydrogen-bond acceptors (Lipinski definition) is 5. The third-order valence-electron chi connectivity index (χ3n) is 5.60. The second kappa shape index (κ2) is 7.43. The Kier molecular flexibility index (Phi) is 5.18. The van der Waals surface area contributed by atoms with Gasteiger partial charge in [0.05, 0.1) is 23.4 Å². The Morgan fingerprint density at radius 3 is 2.57 bits per heavy atom. The first-order chi connectivity index (χ1) is 13.4. The van der Waals surface area contributed by atoms with E-state index in [1.165, 1.54) is 12.1 Å². The fourth-order valence-corrected chi connectivity index (χ4v) is 4.34. The van der Waals surface area contributed by atoms with Crippen molar-refractivity contribution in [2.75, 3.05) is 19.6 Å². The summed E-state index contributed by atoms with van der Waals surface area (Å²) in [4.78, 5) is 2.11. The van der Waals surface area contributed by atoms with Crippen molar-refractivity contribution < 1.29 is 8.78 Å². The molecule has 0 spiro atoms. The maximum atomic E-state index is 14.8. The number of rotatable bonds is 3. The summed E-state index contributed by atoms with van der Waals surface area (Å²) in [6.07, 6.45) is 2.73. The number of nitrogens with zero attached hydrogens (tertiary/aromatic N) is 4. The summed E-state index contributed by atoms with van der Waals surface area (Å²) in [7, 11) is 0. The monoisotopic (exact) mass is 379 g/mol. The summed E-state index contributed by atoms with van der Waals surface area (Å²) in [6, 6.07) is 9.59. The van der Waals surface area contributed by atoms with E-state index in [1.54, 1.807) is 0 Å². The lowest BCUT2D eigenvalue weighted by Crippen LogP contribution is -2.48. The fourth-order valence-electron chi connectivity index (χ4n) is 4.34. The maximum Gasteiger partial charge on any atom is 0.191 e. The normalized spacial score (nSPS) is 23.8. The van der Waals surface area contributed by atoms with E-state index in [0.717, 1.165) is 19.0 Å². The van der Waals surface area contributed by atoms with Gasteiger partial charge in [-0.3, -0.25) is 4.90 Å². The predicted octanol–water partition coefficient (Wildman–Crippen LogP) is 3.10. The molecule has 2 N–H and O–H groups in total. The van der Waals surface area contributed by atoms with Crippen LogP contribution in [0.5, 0.6) is 0 Å². The molecule has 0 saturated carbocycles. The van der Waals surface area contributed by atoms with Gasteiger partial charge in [0.1, 0.15) is 6.07 Å². The highest BCUT2D eigenvalue weighted by Gasteiger charge is 2.55. The molecule has 3 rings (SSSR count). The van der Waals surface area contributed by atoms with E-state index < -0.39 is 28.9 Å². The highest BCUT2D eigenvalue weighted by atomic mass is 19.2. The number of benzene rings is 1. The summed E-state index contributed by atoms with van der Waals surface area (Å²) in [5.41, 5.74) is 4.61. The third kappa shape index (κ3) is 2.74. The quantitative estimate of drug-likeness (QED) is 0.870. The van der Waals surface area contributed by atoms with Crippen LogP contribution in [0.1, 0.15) is 24.8 Å². The number of hydrogen-bond donors (Lipinski definition) is 1. The van der Waals surface area contributed by atoms with Crippen LogP contribution in [-0.4, -0.2) is 24.5 Å². The first-order valence-corrected chi connectivity index (χ1v) is 9.04. The first kappa shape index (κ1) is 19.5. The molecule has 0 aromatic heterocycles. The molecule has 1 aromatic rings. The Bertz CT molecular complexity index is 976. The Balaban J connectivity index is 2.32. The van der Waals surface area contributed by atoms with Crippen molar-refractivity contribution in [2.24, 2.45) is 17.1 Å². The Morgan fingerprint density at radius 1 is 1.25 bits per heavy atom. The van der Waals surface area contributed by atoms with Crippen molar-refractivity contribution >= 4 is 0 Å². The molecule has 5 nitrogen and oxygen atoms in total. The lowest BCUT2D eigenvalue weighted by molar-refractivity contribution is 0.204. The average Bonchev–Trinajstić information content (AvgIpc) is 2.70. The van der Waals surface area contributed by atoms with Crippen LogP contribution in [0.4, 0.5) is 8.78 Å². The van der Waals surface area contributed by atoms with Gasteiger partial charge in [-0.25, -0.2) is 8.78 Å². The van der Waals surface area contributed by atoms with Gasteiger partial charge in [0.15, 0.2) is 17.0 Å². The number of fused-ring (bicyclic) bond motifs is 1. The summed E-state index contributed by atoms with van der Waals surface area (Å²) in [5, 5.41) is 29.5. The molecular weight excluding hydrogens is 360 g/mol. The minimum Gasteiger partial charge on any atom is -0.399 e. The molecule has 0 fully saturated rings. The van der Waals surface area contributed by atoms with Crippen LogP contribution in [0.2, 0.25) is 0 Å². The van der Waals surface area contributed by atoms with Crippen LogP contribution in [0.3, 0.4) is 0 Å². The van der Waals surface area contributed by atoms with Crippen LogP contribution in [0.15, 0.2) is 41.1 Å². The topological polar surface area (TPSA) is 101 Å². The minimum absolute atomic E-state index is 0.0720. The van der Waals surface area contributed by atoms with Crippen LogP contribution in [-0.2, 0) is 0 Å². The van der Waals surface area contributed by atoms with Crippen LogP contribution in [0, 0.1) is 57.0 Å². The molecule has 0 radical (unpaired) electrons. The Hall–Kier alpha value is -3.21. The zero-order chi connectivity index (χ0) is 20.5. The van der Waals surface area contributed by atoms with Gasteiger partial charge in [0.25, 0.3) is 0 Å². The van der Waals surface area contributed by atoms with Gasteiger partial charge in [-0.15, -0.1) is 0 Å². The van der Waals surface area contributed by atoms with E-state index >= 15 is 0 Å². The van der Waals surface area contributed by atoms with Crippen molar-refractivity contribution in [2.45, 2.75) is 19.3 Å². The SMILES string of the molecule is CCCN1CC=C2C(C#N)=C(N)C(C#N)(C#N)[C@H](c3cccc(F)c3F)[C@@H]2C1. The van der Waals surface area contributed by atoms with Crippen molar-refractivity contribution in [1.82, 2.24) is 4.90 Å². The van der Waals surface area contributed by atoms with Gasteiger partial charge in [0, 0.05) is 24.9 Å². The molecule has 28 heavy (non-hydrogen) atoms. The Labute approximate surface area is 162 Å². The van der Waals surface area contributed by atoms with Gasteiger partial charge in [-0.2, -0.15) is 15.8 Å². The molecule has 2 aliphatic rings. The highest BCUT2D eigenvalue weighted by molar-refractivity contribution is 5.59. The zero-order valence-electron chi connectivity index (χ0n) is 15.4. The lowest BCUT2D eigenvalue weighted by Gasteiger charge is -2.45. The first-order valence-electron chi connectivity index (χ1n) is 9.04. The standard InChI is InChI=1S/C21H19F2N5/c1-2-7-28-8-6-13-15(9-24)20(27)21(11-25,12-26)18(16(13)10-28)14-4-3-5-17(22)19(14)23/h3-6,16,18H,2,7-8,10,27H2,1H3/t16-,18-/m1/s1. The molecule has 1 aliphatic heterocycles. The van der Waals surface area contributed by atoms with E-state index in [0.29, 0.717) is 18.7 Å². The van der Waals surface area contributed by atoms with Gasteiger partial charge in [-0.1, -0.05) is 25.1 Å². The van der Waals surface area contributed by atoms with Crippen molar-refractivity contribution in [3.63, 3.8) is 0 Å². The largest absolute Gasteiger partial charge is 0.399 e. The fraction of sp³-hybridized carbons (Fsp3) is 0.381. The van der Waals surface area contributed by atoms with Gasteiger partial charge >= 0.3 is 0 Å².